The number of hydrogen-bond acceptors (Lipinski definition) is 3. The van der Waals surface area contributed by atoms with Gasteiger partial charge in [-0.25, -0.2) is 9.37 Å². The first-order valence-electron chi connectivity index (χ1n) is 5.04. The van der Waals surface area contributed by atoms with E-state index in [1.165, 1.54) is 24.4 Å². The van der Waals surface area contributed by atoms with Crippen LogP contribution in [0.5, 0.6) is 0 Å². The minimum Gasteiger partial charge on any atom is -0.397 e. The summed E-state index contributed by atoms with van der Waals surface area (Å²) in [5.74, 6) is -0.903. The van der Waals surface area contributed by atoms with Crippen molar-refractivity contribution in [3.8, 4) is 0 Å². The van der Waals surface area contributed by atoms with Crippen LogP contribution in [0.4, 0.5) is 15.8 Å². The van der Waals surface area contributed by atoms with Crippen molar-refractivity contribution in [3.05, 3.63) is 53.1 Å². The molecule has 1 aromatic carbocycles. The van der Waals surface area contributed by atoms with Gasteiger partial charge in [-0.3, -0.25) is 4.79 Å². The van der Waals surface area contributed by atoms with Crippen molar-refractivity contribution in [2.24, 2.45) is 0 Å². The molecule has 0 atom stereocenters. The third-order valence-corrected chi connectivity index (χ3v) is 2.45. The molecular formula is C12H9ClFN3O. The van der Waals surface area contributed by atoms with Crippen LogP contribution in [-0.2, 0) is 0 Å². The molecule has 0 aliphatic rings. The monoisotopic (exact) mass is 265 g/mol. The number of hydrogen-bond donors (Lipinski definition) is 2. The molecule has 0 saturated carbocycles. The van der Waals surface area contributed by atoms with Gasteiger partial charge in [-0.2, -0.15) is 0 Å². The molecule has 0 aliphatic heterocycles. The Labute approximate surface area is 108 Å². The van der Waals surface area contributed by atoms with Crippen molar-refractivity contribution in [3.63, 3.8) is 0 Å². The number of nitrogens with one attached hydrogen (secondary N) is 1. The molecule has 1 aromatic heterocycles. The molecule has 1 amide bonds. The molecule has 0 fully saturated rings. The van der Waals surface area contributed by atoms with Crippen LogP contribution >= 0.6 is 11.6 Å². The minimum atomic E-state index is -0.463. The fraction of sp³-hybridized carbons (Fsp3) is 0. The van der Waals surface area contributed by atoms with Crippen molar-refractivity contribution < 1.29 is 9.18 Å². The second-order valence-electron chi connectivity index (χ2n) is 3.55. The molecule has 0 aliphatic carbocycles. The van der Waals surface area contributed by atoms with E-state index >= 15 is 0 Å². The fourth-order valence-corrected chi connectivity index (χ4v) is 1.46. The summed E-state index contributed by atoms with van der Waals surface area (Å²) in [7, 11) is 0. The lowest BCUT2D eigenvalue weighted by atomic mass is 10.2. The van der Waals surface area contributed by atoms with E-state index in [0.717, 1.165) is 6.07 Å². The summed E-state index contributed by atoms with van der Waals surface area (Å²) in [5, 5.41) is 2.97. The number of amides is 1. The second-order valence-corrected chi connectivity index (χ2v) is 3.98. The van der Waals surface area contributed by atoms with E-state index in [0.29, 0.717) is 10.7 Å². The average Bonchev–Trinajstić information content (AvgIpc) is 2.33. The number of anilines is 2. The van der Waals surface area contributed by atoms with Gasteiger partial charge in [-0.05, 0) is 30.3 Å². The lowest BCUT2D eigenvalue weighted by molar-refractivity contribution is 0.102. The molecule has 6 heteroatoms. The third kappa shape index (κ3) is 2.75. The SMILES string of the molecule is Nc1cc(F)ccc1NC(=O)c1ccc(Cl)cn1. The maximum absolute atomic E-state index is 12.8. The van der Waals surface area contributed by atoms with Crippen molar-refractivity contribution in [2.45, 2.75) is 0 Å². The van der Waals surface area contributed by atoms with Gasteiger partial charge < -0.3 is 11.1 Å². The number of rotatable bonds is 2. The molecule has 0 saturated heterocycles. The molecule has 1 heterocycles. The molecule has 0 spiro atoms. The Morgan fingerprint density at radius 1 is 1.33 bits per heavy atom. The zero-order valence-electron chi connectivity index (χ0n) is 9.15. The molecule has 2 aromatic rings. The van der Waals surface area contributed by atoms with E-state index < -0.39 is 11.7 Å². The molecule has 92 valence electrons. The van der Waals surface area contributed by atoms with E-state index in [1.54, 1.807) is 6.07 Å². The largest absolute Gasteiger partial charge is 0.397 e. The number of nitrogens with two attached hydrogens (primary N) is 1. The first kappa shape index (κ1) is 12.3. The number of halogens is 2. The lowest BCUT2D eigenvalue weighted by Gasteiger charge is -2.07. The third-order valence-electron chi connectivity index (χ3n) is 2.22. The molecule has 2 rings (SSSR count). The molecular weight excluding hydrogens is 257 g/mol. The van der Waals surface area contributed by atoms with Crippen LogP contribution in [0, 0.1) is 5.82 Å². The van der Waals surface area contributed by atoms with Gasteiger partial charge in [-0.1, -0.05) is 11.6 Å². The number of carbonyl (C=O) groups is 1. The van der Waals surface area contributed by atoms with Gasteiger partial charge in [0.1, 0.15) is 11.5 Å². The first-order valence-corrected chi connectivity index (χ1v) is 5.42. The molecule has 3 N–H and O–H groups in total. The van der Waals surface area contributed by atoms with Crippen LogP contribution in [0.25, 0.3) is 0 Å². The fourth-order valence-electron chi connectivity index (χ4n) is 1.34. The Kier molecular flexibility index (Phi) is 3.43. The van der Waals surface area contributed by atoms with Crippen molar-refractivity contribution in [2.75, 3.05) is 11.1 Å². The minimum absolute atomic E-state index is 0.150. The Morgan fingerprint density at radius 2 is 2.11 bits per heavy atom. The highest BCUT2D eigenvalue weighted by Crippen LogP contribution is 2.19. The summed E-state index contributed by atoms with van der Waals surface area (Å²) in [4.78, 5) is 15.7. The summed E-state index contributed by atoms with van der Waals surface area (Å²) in [6.45, 7) is 0. The Balaban J connectivity index is 2.18. The molecule has 0 bridgehead atoms. The van der Waals surface area contributed by atoms with Crippen LogP contribution in [-0.4, -0.2) is 10.9 Å². The normalized spacial score (nSPS) is 10.1. The summed E-state index contributed by atoms with van der Waals surface area (Å²) in [6.07, 6.45) is 1.37. The van der Waals surface area contributed by atoms with Crippen LogP contribution in [0.3, 0.4) is 0 Å². The first-order chi connectivity index (χ1) is 8.56. The number of nitrogen functional groups attached to an aromatic ring is 1. The summed E-state index contributed by atoms with van der Waals surface area (Å²) in [6, 6.07) is 6.76. The van der Waals surface area contributed by atoms with Gasteiger partial charge in [0.05, 0.1) is 16.4 Å². The summed E-state index contributed by atoms with van der Waals surface area (Å²) in [5.41, 5.74) is 6.25. The van der Waals surface area contributed by atoms with Gasteiger partial charge in [0.25, 0.3) is 5.91 Å². The highest BCUT2D eigenvalue weighted by atomic mass is 35.5. The second kappa shape index (κ2) is 5.01. The van der Waals surface area contributed by atoms with Crippen molar-refractivity contribution >= 4 is 28.9 Å². The van der Waals surface area contributed by atoms with Crippen molar-refractivity contribution in [1.82, 2.24) is 4.98 Å². The Hall–Kier alpha value is -2.14. The number of pyridine rings is 1. The van der Waals surface area contributed by atoms with Gasteiger partial charge in [0.2, 0.25) is 0 Å². The zero-order valence-corrected chi connectivity index (χ0v) is 9.91. The Morgan fingerprint density at radius 3 is 2.72 bits per heavy atom. The number of carbonyl (C=O) groups excluding carboxylic acids is 1. The van der Waals surface area contributed by atoms with E-state index in [2.05, 4.69) is 10.3 Å². The highest BCUT2D eigenvalue weighted by molar-refractivity contribution is 6.30. The number of nitrogens with zero attached hydrogens (tertiary/aromatic N) is 1. The maximum Gasteiger partial charge on any atom is 0.274 e. The molecule has 18 heavy (non-hydrogen) atoms. The summed E-state index contributed by atoms with van der Waals surface area (Å²) < 4.78 is 12.8. The predicted octanol–water partition coefficient (Wildman–Crippen LogP) is 2.71. The zero-order chi connectivity index (χ0) is 13.1. The smallest absolute Gasteiger partial charge is 0.274 e. The predicted molar refractivity (Wildman–Crippen MR) is 68.0 cm³/mol. The quantitative estimate of drug-likeness (QED) is 0.821. The van der Waals surface area contributed by atoms with Crippen LogP contribution < -0.4 is 11.1 Å². The van der Waals surface area contributed by atoms with Gasteiger partial charge in [0, 0.05) is 6.20 Å². The number of benzene rings is 1. The highest BCUT2D eigenvalue weighted by Gasteiger charge is 2.09. The van der Waals surface area contributed by atoms with E-state index in [9.17, 15) is 9.18 Å². The van der Waals surface area contributed by atoms with Gasteiger partial charge in [0.15, 0.2) is 0 Å². The lowest BCUT2D eigenvalue weighted by Crippen LogP contribution is -2.14. The van der Waals surface area contributed by atoms with E-state index in [1.807, 2.05) is 0 Å². The van der Waals surface area contributed by atoms with Crippen LogP contribution in [0.2, 0.25) is 5.02 Å². The van der Waals surface area contributed by atoms with E-state index in [-0.39, 0.29) is 11.4 Å². The standard InChI is InChI=1S/C12H9ClFN3O/c13-7-1-3-11(16-6-7)12(18)17-10-4-2-8(14)5-9(10)15/h1-6H,15H2,(H,17,18). The maximum atomic E-state index is 12.8. The molecule has 0 radical (unpaired) electrons. The van der Waals surface area contributed by atoms with E-state index in [4.69, 9.17) is 17.3 Å². The average molecular weight is 266 g/mol. The van der Waals surface area contributed by atoms with Crippen LogP contribution in [0.1, 0.15) is 10.5 Å². The topological polar surface area (TPSA) is 68.0 Å². The van der Waals surface area contributed by atoms with Crippen LogP contribution in [0.15, 0.2) is 36.5 Å². The van der Waals surface area contributed by atoms with Gasteiger partial charge in [-0.15, -0.1) is 0 Å². The Bertz CT molecular complexity index is 586. The number of aromatic nitrogens is 1. The summed E-state index contributed by atoms with van der Waals surface area (Å²) >= 11 is 5.66. The molecule has 0 unspecified atom stereocenters. The van der Waals surface area contributed by atoms with Gasteiger partial charge >= 0.3 is 0 Å². The molecule has 4 nitrogen and oxygen atoms in total. The van der Waals surface area contributed by atoms with Crippen molar-refractivity contribution in [1.29, 1.82) is 0 Å².